The van der Waals surface area contributed by atoms with E-state index < -0.39 is 0 Å². The van der Waals surface area contributed by atoms with Gasteiger partial charge in [0, 0.05) is 13.1 Å². The Bertz CT molecular complexity index is 1240. The van der Waals surface area contributed by atoms with Gasteiger partial charge in [-0.15, -0.1) is 0 Å². The van der Waals surface area contributed by atoms with E-state index in [-0.39, 0.29) is 6.03 Å². The van der Waals surface area contributed by atoms with Crippen molar-refractivity contribution in [3.8, 4) is 5.75 Å². The average molecular weight is 463 g/mol. The van der Waals surface area contributed by atoms with E-state index in [1.165, 1.54) is 5.57 Å². The highest BCUT2D eigenvalue weighted by Crippen LogP contribution is 2.34. The fourth-order valence-corrected chi connectivity index (χ4v) is 4.07. The normalized spacial score (nSPS) is 11.3. The summed E-state index contributed by atoms with van der Waals surface area (Å²) >= 11 is 0. The maximum absolute atomic E-state index is 12.5. The van der Waals surface area contributed by atoms with Crippen molar-refractivity contribution in [3.63, 3.8) is 0 Å². The van der Waals surface area contributed by atoms with Crippen LogP contribution in [0.1, 0.15) is 28.7 Å². The summed E-state index contributed by atoms with van der Waals surface area (Å²) in [6, 6.07) is 38.6. The SMILES string of the molecule is COc1ccc(/C(=C(/CCNC(=O)NCc2ccccc2)c2ccccc2)c2ccccc2)cc1. The molecule has 0 saturated heterocycles. The minimum Gasteiger partial charge on any atom is -0.497 e. The van der Waals surface area contributed by atoms with E-state index in [4.69, 9.17) is 4.74 Å². The maximum atomic E-state index is 12.5. The zero-order chi connectivity index (χ0) is 24.3. The van der Waals surface area contributed by atoms with Crippen LogP contribution in [-0.4, -0.2) is 19.7 Å². The Hall–Kier alpha value is -4.31. The van der Waals surface area contributed by atoms with E-state index in [1.807, 2.05) is 66.7 Å². The number of hydrogen-bond acceptors (Lipinski definition) is 2. The number of urea groups is 1. The standard InChI is InChI=1S/C31H30N2O2/c1-35-28-19-17-27(18-20-28)30(26-15-9-4-10-16-26)29(25-13-7-3-8-14-25)21-22-32-31(34)33-23-24-11-5-2-6-12-24/h2-20H,21-23H2,1H3,(H2,32,33,34)/b30-29-. The van der Waals surface area contributed by atoms with Crippen LogP contribution >= 0.6 is 0 Å². The van der Waals surface area contributed by atoms with E-state index in [1.54, 1.807) is 7.11 Å². The molecule has 4 nitrogen and oxygen atoms in total. The summed E-state index contributed by atoms with van der Waals surface area (Å²) in [5, 5.41) is 5.96. The van der Waals surface area contributed by atoms with Crippen molar-refractivity contribution in [2.45, 2.75) is 13.0 Å². The lowest BCUT2D eigenvalue weighted by Gasteiger charge is -2.18. The summed E-state index contributed by atoms with van der Waals surface area (Å²) in [6.45, 7) is 1.01. The topological polar surface area (TPSA) is 50.4 Å². The number of rotatable bonds is 9. The van der Waals surface area contributed by atoms with Gasteiger partial charge < -0.3 is 15.4 Å². The molecule has 0 atom stereocenters. The molecule has 0 bridgehead atoms. The molecule has 0 aliphatic carbocycles. The molecule has 0 fully saturated rings. The van der Waals surface area contributed by atoms with Crippen molar-refractivity contribution in [1.82, 2.24) is 10.6 Å². The molecule has 4 aromatic rings. The molecule has 176 valence electrons. The summed E-state index contributed by atoms with van der Waals surface area (Å²) in [6.07, 6.45) is 0.680. The highest BCUT2D eigenvalue weighted by atomic mass is 16.5. The quantitative estimate of drug-likeness (QED) is 0.277. The highest BCUT2D eigenvalue weighted by molar-refractivity contribution is 5.98. The molecule has 2 N–H and O–H groups in total. The van der Waals surface area contributed by atoms with E-state index >= 15 is 0 Å². The first-order valence-electron chi connectivity index (χ1n) is 11.8. The molecule has 4 rings (SSSR count). The zero-order valence-corrected chi connectivity index (χ0v) is 19.9. The molecule has 0 aliphatic heterocycles. The predicted octanol–water partition coefficient (Wildman–Crippen LogP) is 6.54. The number of hydrogen-bond donors (Lipinski definition) is 2. The van der Waals surface area contributed by atoms with Crippen molar-refractivity contribution in [2.75, 3.05) is 13.7 Å². The summed E-state index contributed by atoms with van der Waals surface area (Å²) in [5.41, 5.74) is 6.75. The molecule has 35 heavy (non-hydrogen) atoms. The van der Waals surface area contributed by atoms with Crippen LogP contribution in [0.15, 0.2) is 115 Å². The number of carbonyl (C=O) groups is 1. The lowest BCUT2D eigenvalue weighted by molar-refractivity contribution is 0.241. The van der Waals surface area contributed by atoms with Crippen molar-refractivity contribution >= 4 is 17.2 Å². The van der Waals surface area contributed by atoms with Gasteiger partial charge in [-0.25, -0.2) is 4.79 Å². The second-order valence-electron chi connectivity index (χ2n) is 8.16. The van der Waals surface area contributed by atoms with Crippen LogP contribution in [0.25, 0.3) is 11.1 Å². The predicted molar refractivity (Wildman–Crippen MR) is 143 cm³/mol. The zero-order valence-electron chi connectivity index (χ0n) is 19.9. The monoisotopic (exact) mass is 462 g/mol. The Morgan fingerprint density at radius 2 is 1.20 bits per heavy atom. The molecule has 0 heterocycles. The average Bonchev–Trinajstić information content (AvgIpc) is 2.93. The van der Waals surface area contributed by atoms with Gasteiger partial charge in [-0.1, -0.05) is 103 Å². The molecule has 2 amide bonds. The first-order chi connectivity index (χ1) is 17.2. The Balaban J connectivity index is 1.61. The summed E-state index contributed by atoms with van der Waals surface area (Å²) in [7, 11) is 1.67. The number of methoxy groups -OCH3 is 1. The van der Waals surface area contributed by atoms with E-state index in [9.17, 15) is 4.79 Å². The molecule has 0 aromatic heterocycles. The van der Waals surface area contributed by atoms with Crippen molar-refractivity contribution < 1.29 is 9.53 Å². The maximum Gasteiger partial charge on any atom is 0.315 e. The molecule has 4 aromatic carbocycles. The lowest BCUT2D eigenvalue weighted by Crippen LogP contribution is -2.35. The van der Waals surface area contributed by atoms with Crippen LogP contribution in [0.5, 0.6) is 5.75 Å². The van der Waals surface area contributed by atoms with E-state index in [2.05, 4.69) is 59.2 Å². The molecule has 0 radical (unpaired) electrons. The largest absolute Gasteiger partial charge is 0.497 e. The molecule has 0 spiro atoms. The van der Waals surface area contributed by atoms with Gasteiger partial charge in [0.15, 0.2) is 0 Å². The summed E-state index contributed by atoms with van der Waals surface area (Å²) in [5.74, 6) is 0.819. The Morgan fingerprint density at radius 3 is 1.80 bits per heavy atom. The number of benzene rings is 4. The first-order valence-corrected chi connectivity index (χ1v) is 11.8. The third kappa shape index (κ3) is 6.61. The fraction of sp³-hybridized carbons (Fsp3) is 0.129. The number of nitrogens with one attached hydrogen (secondary N) is 2. The molecule has 0 unspecified atom stereocenters. The molecular weight excluding hydrogens is 432 g/mol. The smallest absolute Gasteiger partial charge is 0.315 e. The third-order valence-corrected chi connectivity index (χ3v) is 5.82. The third-order valence-electron chi connectivity index (χ3n) is 5.82. The van der Waals surface area contributed by atoms with Crippen LogP contribution in [0.2, 0.25) is 0 Å². The fourth-order valence-electron chi connectivity index (χ4n) is 4.07. The Kier molecular flexibility index (Phi) is 8.33. The number of carbonyl (C=O) groups excluding carboxylic acids is 1. The Morgan fingerprint density at radius 1 is 0.657 bits per heavy atom. The number of ether oxygens (including phenoxy) is 1. The lowest BCUT2D eigenvalue weighted by atomic mass is 9.88. The second kappa shape index (κ2) is 12.2. The van der Waals surface area contributed by atoms with Crippen LogP contribution in [0, 0.1) is 0 Å². The molecule has 0 saturated carbocycles. The van der Waals surface area contributed by atoms with Gasteiger partial charge in [0.05, 0.1) is 7.11 Å². The van der Waals surface area contributed by atoms with Crippen molar-refractivity contribution in [1.29, 1.82) is 0 Å². The molecule has 0 aliphatic rings. The summed E-state index contributed by atoms with van der Waals surface area (Å²) < 4.78 is 5.38. The van der Waals surface area contributed by atoms with Crippen molar-refractivity contribution in [2.24, 2.45) is 0 Å². The van der Waals surface area contributed by atoms with Gasteiger partial charge in [-0.3, -0.25) is 0 Å². The molecular formula is C31H30N2O2. The van der Waals surface area contributed by atoms with Crippen LogP contribution in [0.4, 0.5) is 4.79 Å². The first kappa shape index (κ1) is 23.8. The van der Waals surface area contributed by atoms with Crippen LogP contribution in [-0.2, 0) is 6.54 Å². The number of amides is 2. The van der Waals surface area contributed by atoms with Gasteiger partial charge >= 0.3 is 6.03 Å². The minimum absolute atomic E-state index is 0.174. The van der Waals surface area contributed by atoms with Gasteiger partial charge in [-0.05, 0) is 52.0 Å². The summed E-state index contributed by atoms with van der Waals surface area (Å²) in [4.78, 5) is 12.5. The van der Waals surface area contributed by atoms with Gasteiger partial charge in [0.25, 0.3) is 0 Å². The Labute approximate surface area is 207 Å². The van der Waals surface area contributed by atoms with Gasteiger partial charge in [-0.2, -0.15) is 0 Å². The highest BCUT2D eigenvalue weighted by Gasteiger charge is 2.15. The van der Waals surface area contributed by atoms with Gasteiger partial charge in [0.2, 0.25) is 0 Å². The van der Waals surface area contributed by atoms with Gasteiger partial charge in [0.1, 0.15) is 5.75 Å². The minimum atomic E-state index is -0.174. The van der Waals surface area contributed by atoms with E-state index in [0.717, 1.165) is 33.6 Å². The van der Waals surface area contributed by atoms with E-state index in [0.29, 0.717) is 19.5 Å². The van der Waals surface area contributed by atoms with Crippen LogP contribution in [0.3, 0.4) is 0 Å². The second-order valence-corrected chi connectivity index (χ2v) is 8.16. The van der Waals surface area contributed by atoms with Crippen LogP contribution < -0.4 is 15.4 Å². The molecule has 4 heteroatoms. The van der Waals surface area contributed by atoms with Crippen molar-refractivity contribution in [3.05, 3.63) is 138 Å².